The second kappa shape index (κ2) is 3.65. The zero-order valence-electron chi connectivity index (χ0n) is 9.07. The highest BCUT2D eigenvalue weighted by Crippen LogP contribution is 2.18. The van der Waals surface area contributed by atoms with Crippen LogP contribution in [0.3, 0.4) is 0 Å². The molecule has 0 unspecified atom stereocenters. The maximum absolute atomic E-state index is 13.3. The van der Waals surface area contributed by atoms with E-state index in [1.807, 2.05) is 35.1 Å². The highest BCUT2D eigenvalue weighted by atomic mass is 19.1. The van der Waals surface area contributed by atoms with Gasteiger partial charge in [0.25, 0.3) is 0 Å². The normalized spacial score (nSPS) is 12.2. The van der Waals surface area contributed by atoms with Gasteiger partial charge in [-0.2, -0.15) is 5.10 Å². The molecule has 0 aliphatic carbocycles. The SMILES string of the molecule is CC(C)(F)CCn1ncc2ccccc21. The van der Waals surface area contributed by atoms with Crippen molar-refractivity contribution in [3.8, 4) is 0 Å². The summed E-state index contributed by atoms with van der Waals surface area (Å²) in [6.45, 7) is 3.81. The van der Waals surface area contributed by atoms with Crippen LogP contribution < -0.4 is 0 Å². The molecule has 80 valence electrons. The Morgan fingerprint density at radius 1 is 1.33 bits per heavy atom. The largest absolute Gasteiger partial charge is 0.265 e. The molecule has 0 saturated carbocycles. The first-order valence-electron chi connectivity index (χ1n) is 5.16. The summed E-state index contributed by atoms with van der Waals surface area (Å²) in [6, 6.07) is 7.97. The summed E-state index contributed by atoms with van der Waals surface area (Å²) < 4.78 is 15.2. The minimum Gasteiger partial charge on any atom is -0.265 e. The molecule has 0 atom stereocenters. The van der Waals surface area contributed by atoms with Crippen molar-refractivity contribution in [1.29, 1.82) is 0 Å². The Morgan fingerprint density at radius 3 is 2.80 bits per heavy atom. The van der Waals surface area contributed by atoms with Gasteiger partial charge in [-0.1, -0.05) is 18.2 Å². The number of halogens is 1. The van der Waals surface area contributed by atoms with E-state index in [1.54, 1.807) is 13.8 Å². The molecular weight excluding hydrogens is 191 g/mol. The molecule has 0 N–H and O–H groups in total. The predicted octanol–water partition coefficient (Wildman–Crippen LogP) is 3.17. The van der Waals surface area contributed by atoms with Crippen LogP contribution in [0.4, 0.5) is 4.39 Å². The lowest BCUT2D eigenvalue weighted by atomic mass is 10.1. The lowest BCUT2D eigenvalue weighted by Crippen LogP contribution is -2.15. The Morgan fingerprint density at radius 2 is 2.07 bits per heavy atom. The molecule has 3 heteroatoms. The minimum absolute atomic E-state index is 0.485. The van der Waals surface area contributed by atoms with Gasteiger partial charge in [0.15, 0.2) is 0 Å². The van der Waals surface area contributed by atoms with E-state index in [1.165, 1.54) is 0 Å². The second-order valence-corrected chi connectivity index (χ2v) is 4.40. The third kappa shape index (κ3) is 2.35. The fraction of sp³-hybridized carbons (Fsp3) is 0.417. The van der Waals surface area contributed by atoms with Crippen LogP contribution in [0.5, 0.6) is 0 Å². The summed E-state index contributed by atoms with van der Waals surface area (Å²) in [5, 5.41) is 5.35. The van der Waals surface area contributed by atoms with Crippen molar-refractivity contribution >= 4 is 10.9 Å². The third-order valence-corrected chi connectivity index (χ3v) is 2.47. The van der Waals surface area contributed by atoms with Gasteiger partial charge in [0.05, 0.1) is 11.7 Å². The number of rotatable bonds is 3. The number of para-hydroxylation sites is 1. The van der Waals surface area contributed by atoms with Crippen LogP contribution >= 0.6 is 0 Å². The number of hydrogen-bond donors (Lipinski definition) is 0. The Labute approximate surface area is 88.7 Å². The van der Waals surface area contributed by atoms with Gasteiger partial charge in [0, 0.05) is 18.4 Å². The molecule has 0 spiro atoms. The predicted molar refractivity (Wildman–Crippen MR) is 59.5 cm³/mol. The van der Waals surface area contributed by atoms with E-state index in [0.717, 1.165) is 10.9 Å². The highest BCUT2D eigenvalue weighted by Gasteiger charge is 2.15. The zero-order valence-corrected chi connectivity index (χ0v) is 9.07. The maximum atomic E-state index is 13.3. The van der Waals surface area contributed by atoms with Crippen LogP contribution in [0.25, 0.3) is 10.9 Å². The van der Waals surface area contributed by atoms with E-state index < -0.39 is 5.67 Å². The van der Waals surface area contributed by atoms with Gasteiger partial charge in [-0.05, 0) is 19.9 Å². The summed E-state index contributed by atoms with van der Waals surface area (Å²) in [5.41, 5.74) is -0.0608. The molecule has 2 nitrogen and oxygen atoms in total. The quantitative estimate of drug-likeness (QED) is 0.754. The summed E-state index contributed by atoms with van der Waals surface area (Å²) >= 11 is 0. The van der Waals surface area contributed by atoms with E-state index in [9.17, 15) is 4.39 Å². The van der Waals surface area contributed by atoms with E-state index in [0.29, 0.717) is 13.0 Å². The van der Waals surface area contributed by atoms with E-state index in [4.69, 9.17) is 0 Å². The summed E-state index contributed by atoms with van der Waals surface area (Å²) in [4.78, 5) is 0. The van der Waals surface area contributed by atoms with E-state index in [-0.39, 0.29) is 0 Å². The molecule has 1 heterocycles. The van der Waals surface area contributed by atoms with Crippen molar-refractivity contribution in [3.63, 3.8) is 0 Å². The fourth-order valence-electron chi connectivity index (χ4n) is 1.58. The average molecular weight is 206 g/mol. The first-order valence-corrected chi connectivity index (χ1v) is 5.16. The Hall–Kier alpha value is -1.38. The number of benzene rings is 1. The second-order valence-electron chi connectivity index (χ2n) is 4.40. The number of aryl methyl sites for hydroxylation is 1. The topological polar surface area (TPSA) is 17.8 Å². The van der Waals surface area contributed by atoms with Crippen LogP contribution in [0.15, 0.2) is 30.5 Å². The number of alkyl halides is 1. The molecule has 2 aromatic rings. The minimum atomic E-state index is -1.13. The highest BCUT2D eigenvalue weighted by molar-refractivity contribution is 5.78. The zero-order chi connectivity index (χ0) is 10.9. The molecule has 2 rings (SSSR count). The fourth-order valence-corrected chi connectivity index (χ4v) is 1.58. The number of nitrogens with zero attached hydrogens (tertiary/aromatic N) is 2. The molecule has 0 aliphatic heterocycles. The molecular formula is C12H15FN2. The van der Waals surface area contributed by atoms with Crippen LogP contribution in [0, 0.1) is 0 Å². The van der Waals surface area contributed by atoms with E-state index >= 15 is 0 Å². The maximum Gasteiger partial charge on any atom is 0.107 e. The number of aromatic nitrogens is 2. The average Bonchev–Trinajstić information content (AvgIpc) is 2.57. The molecule has 1 aromatic carbocycles. The molecule has 0 amide bonds. The van der Waals surface area contributed by atoms with Gasteiger partial charge in [0.1, 0.15) is 5.67 Å². The lowest BCUT2D eigenvalue weighted by Gasteiger charge is -2.13. The van der Waals surface area contributed by atoms with Crippen molar-refractivity contribution in [1.82, 2.24) is 9.78 Å². The van der Waals surface area contributed by atoms with E-state index in [2.05, 4.69) is 5.10 Å². The van der Waals surface area contributed by atoms with Gasteiger partial charge in [-0.25, -0.2) is 4.39 Å². The van der Waals surface area contributed by atoms with Crippen molar-refractivity contribution in [2.75, 3.05) is 0 Å². The standard InChI is InChI=1S/C12H15FN2/c1-12(2,13)7-8-15-11-6-4-3-5-10(11)9-14-15/h3-6,9H,7-8H2,1-2H3. The van der Waals surface area contributed by atoms with Crippen molar-refractivity contribution in [2.24, 2.45) is 0 Å². The van der Waals surface area contributed by atoms with Crippen molar-refractivity contribution < 1.29 is 4.39 Å². The van der Waals surface area contributed by atoms with Crippen LogP contribution in [-0.2, 0) is 6.54 Å². The van der Waals surface area contributed by atoms with Crippen LogP contribution in [0.2, 0.25) is 0 Å². The van der Waals surface area contributed by atoms with Crippen molar-refractivity contribution in [2.45, 2.75) is 32.5 Å². The Bertz CT molecular complexity index is 454. The number of fused-ring (bicyclic) bond motifs is 1. The molecule has 0 saturated heterocycles. The first-order chi connectivity index (χ1) is 7.06. The van der Waals surface area contributed by atoms with Crippen molar-refractivity contribution in [3.05, 3.63) is 30.5 Å². The molecule has 0 radical (unpaired) electrons. The van der Waals surface area contributed by atoms with Gasteiger partial charge in [-0.3, -0.25) is 4.68 Å². The van der Waals surface area contributed by atoms with Crippen LogP contribution in [0.1, 0.15) is 20.3 Å². The van der Waals surface area contributed by atoms with Gasteiger partial charge < -0.3 is 0 Å². The van der Waals surface area contributed by atoms with Gasteiger partial charge in [-0.15, -0.1) is 0 Å². The third-order valence-electron chi connectivity index (χ3n) is 2.47. The van der Waals surface area contributed by atoms with Crippen LogP contribution in [-0.4, -0.2) is 15.4 Å². The molecule has 0 aliphatic rings. The van der Waals surface area contributed by atoms with Gasteiger partial charge >= 0.3 is 0 Å². The Kier molecular flexibility index (Phi) is 2.47. The number of hydrogen-bond acceptors (Lipinski definition) is 1. The summed E-state index contributed by atoms with van der Waals surface area (Å²) in [6.07, 6.45) is 2.30. The molecule has 0 bridgehead atoms. The lowest BCUT2D eigenvalue weighted by molar-refractivity contribution is 0.190. The smallest absolute Gasteiger partial charge is 0.107 e. The molecule has 15 heavy (non-hydrogen) atoms. The monoisotopic (exact) mass is 206 g/mol. The molecule has 1 aromatic heterocycles. The van der Waals surface area contributed by atoms with Gasteiger partial charge in [0.2, 0.25) is 0 Å². The summed E-state index contributed by atoms with van der Waals surface area (Å²) in [7, 11) is 0. The Balaban J connectivity index is 2.22. The molecule has 0 fully saturated rings. The first kappa shape index (κ1) is 10.1. The summed E-state index contributed by atoms with van der Waals surface area (Å²) in [5.74, 6) is 0.